The summed E-state index contributed by atoms with van der Waals surface area (Å²) in [4.78, 5) is 13.1. The molecule has 0 aliphatic carbocycles. The van der Waals surface area contributed by atoms with Gasteiger partial charge >= 0.3 is 0 Å². The molecule has 5 aromatic rings. The van der Waals surface area contributed by atoms with E-state index < -0.39 is 5.92 Å². The lowest BCUT2D eigenvalue weighted by molar-refractivity contribution is 1.03. The van der Waals surface area contributed by atoms with Crippen molar-refractivity contribution >= 4 is 62.8 Å². The van der Waals surface area contributed by atoms with Gasteiger partial charge in [0.15, 0.2) is 11.6 Å². The molecule has 1 unspecified atom stereocenters. The van der Waals surface area contributed by atoms with Gasteiger partial charge in [-0.05, 0) is 53.9 Å². The number of halogens is 2. The Hall–Kier alpha value is -4.38. The van der Waals surface area contributed by atoms with Crippen LogP contribution < -0.4 is 16.4 Å². The summed E-state index contributed by atoms with van der Waals surface area (Å²) in [5.74, 6) is 0.335. The first-order chi connectivity index (χ1) is 17.9. The predicted octanol–water partition coefficient (Wildman–Crippen LogP) is 7.36. The smallest absolute Gasteiger partial charge is 0.159 e. The molecule has 7 nitrogen and oxygen atoms in total. The molecule has 5 rings (SSSR count). The molecule has 2 aromatic heterocycles. The van der Waals surface area contributed by atoms with Gasteiger partial charge in [0.05, 0.1) is 23.2 Å². The largest absolute Gasteiger partial charge is 0.393 e. The number of aromatic nitrogens is 3. The summed E-state index contributed by atoms with van der Waals surface area (Å²) in [5, 5.41) is 18.5. The van der Waals surface area contributed by atoms with E-state index in [1.165, 1.54) is 6.33 Å². The Morgan fingerprint density at radius 3 is 2.32 bits per heavy atom. The van der Waals surface area contributed by atoms with Crippen LogP contribution in [0.5, 0.6) is 0 Å². The van der Waals surface area contributed by atoms with E-state index in [4.69, 9.17) is 28.9 Å². The number of nitrogen functional groups attached to an aromatic ring is 1. The van der Waals surface area contributed by atoms with Gasteiger partial charge in [-0.15, -0.1) is 0 Å². The molecule has 0 aliphatic rings. The molecule has 182 valence electrons. The zero-order valence-corrected chi connectivity index (χ0v) is 21.2. The number of hydrogen-bond donors (Lipinski definition) is 3. The van der Waals surface area contributed by atoms with Crippen LogP contribution in [0.25, 0.3) is 10.9 Å². The Balaban J connectivity index is 1.44. The zero-order chi connectivity index (χ0) is 25.9. The number of pyridine rings is 1. The van der Waals surface area contributed by atoms with Crippen LogP contribution in [0.3, 0.4) is 0 Å². The van der Waals surface area contributed by atoms with Gasteiger partial charge in [0, 0.05) is 27.3 Å². The lowest BCUT2D eigenvalue weighted by atomic mass is 9.91. The van der Waals surface area contributed by atoms with E-state index >= 15 is 0 Å². The van der Waals surface area contributed by atoms with Crippen molar-refractivity contribution in [2.24, 2.45) is 0 Å². The molecule has 0 aliphatic heterocycles. The van der Waals surface area contributed by atoms with Crippen LogP contribution in [0.2, 0.25) is 10.0 Å². The van der Waals surface area contributed by atoms with Crippen molar-refractivity contribution < 1.29 is 0 Å². The number of nitrogens with zero attached hydrogens (tertiary/aromatic N) is 4. The van der Waals surface area contributed by atoms with Gasteiger partial charge in [0.1, 0.15) is 12.0 Å². The van der Waals surface area contributed by atoms with E-state index in [1.54, 1.807) is 24.4 Å². The van der Waals surface area contributed by atoms with Crippen molar-refractivity contribution in [3.63, 3.8) is 0 Å². The Labute approximate surface area is 223 Å². The quantitative estimate of drug-likeness (QED) is 0.212. The summed E-state index contributed by atoms with van der Waals surface area (Å²) in [6.45, 7) is 1.93. The van der Waals surface area contributed by atoms with E-state index in [0.717, 1.165) is 27.7 Å². The average Bonchev–Trinajstić information content (AvgIpc) is 2.90. The molecule has 3 aromatic carbocycles. The molecule has 9 heteroatoms. The van der Waals surface area contributed by atoms with Crippen molar-refractivity contribution in [3.8, 4) is 6.07 Å². The average molecular weight is 526 g/mol. The Morgan fingerprint density at radius 2 is 1.59 bits per heavy atom. The van der Waals surface area contributed by atoms with Crippen molar-refractivity contribution in [1.82, 2.24) is 15.0 Å². The second-order valence-corrected chi connectivity index (χ2v) is 9.26. The molecule has 0 saturated heterocycles. The van der Waals surface area contributed by atoms with Crippen molar-refractivity contribution in [1.29, 1.82) is 5.26 Å². The topological polar surface area (TPSA) is 113 Å². The number of nitrogens with two attached hydrogens (primary N) is 1. The van der Waals surface area contributed by atoms with Crippen LogP contribution in [0.4, 0.5) is 28.7 Å². The molecule has 0 radical (unpaired) electrons. The first-order valence-corrected chi connectivity index (χ1v) is 12.1. The molecule has 2 heterocycles. The van der Waals surface area contributed by atoms with Crippen LogP contribution in [-0.4, -0.2) is 15.0 Å². The van der Waals surface area contributed by atoms with Crippen LogP contribution in [0.15, 0.2) is 79.3 Å². The normalized spacial score (nSPS) is 11.6. The summed E-state index contributed by atoms with van der Waals surface area (Å²) < 4.78 is 0. The van der Waals surface area contributed by atoms with Crippen LogP contribution >= 0.6 is 23.2 Å². The number of hydrogen-bond acceptors (Lipinski definition) is 7. The number of anilines is 5. The number of nitrogens with one attached hydrogen (secondary N) is 2. The number of fused-ring (bicyclic) bond motifs is 1. The summed E-state index contributed by atoms with van der Waals surface area (Å²) in [7, 11) is 0. The van der Waals surface area contributed by atoms with Crippen LogP contribution in [0, 0.1) is 18.3 Å². The van der Waals surface area contributed by atoms with Gasteiger partial charge in [-0.25, -0.2) is 9.97 Å². The lowest BCUT2D eigenvalue weighted by Crippen LogP contribution is -2.07. The fraction of sp³-hybridized carbons (Fsp3) is 0.0714. The molecule has 4 N–H and O–H groups in total. The van der Waals surface area contributed by atoms with Crippen LogP contribution in [0.1, 0.15) is 22.6 Å². The predicted molar refractivity (Wildman–Crippen MR) is 150 cm³/mol. The molecular formula is C28H21Cl2N7. The molecular weight excluding hydrogens is 505 g/mol. The minimum absolute atomic E-state index is 0.339. The van der Waals surface area contributed by atoms with Gasteiger partial charge in [-0.1, -0.05) is 59.6 Å². The van der Waals surface area contributed by atoms with E-state index in [1.807, 2.05) is 55.5 Å². The van der Waals surface area contributed by atoms with E-state index in [0.29, 0.717) is 38.6 Å². The second kappa shape index (κ2) is 10.3. The number of rotatable bonds is 6. The first-order valence-electron chi connectivity index (χ1n) is 11.4. The SMILES string of the molecule is Cc1cc(C(C#N)c2ccc(Cl)cc2)c(Cl)cc1Nc1ncnc(Nc2cccc3cccnc23)c1N. The van der Waals surface area contributed by atoms with Crippen molar-refractivity contribution in [3.05, 3.63) is 106 Å². The highest BCUT2D eigenvalue weighted by atomic mass is 35.5. The number of nitriles is 1. The molecule has 0 bridgehead atoms. The Bertz CT molecular complexity index is 1640. The highest BCUT2D eigenvalue weighted by Crippen LogP contribution is 2.36. The summed E-state index contributed by atoms with van der Waals surface area (Å²) in [6.07, 6.45) is 3.17. The van der Waals surface area contributed by atoms with Gasteiger partial charge in [0.25, 0.3) is 0 Å². The molecule has 0 spiro atoms. The molecule has 37 heavy (non-hydrogen) atoms. The molecule has 1 atom stereocenters. The number of benzene rings is 3. The van der Waals surface area contributed by atoms with E-state index in [9.17, 15) is 5.26 Å². The van der Waals surface area contributed by atoms with Crippen molar-refractivity contribution in [2.45, 2.75) is 12.8 Å². The third kappa shape index (κ3) is 4.98. The fourth-order valence-electron chi connectivity index (χ4n) is 4.09. The minimum Gasteiger partial charge on any atom is -0.393 e. The Morgan fingerprint density at radius 1 is 0.892 bits per heavy atom. The summed E-state index contributed by atoms with van der Waals surface area (Å²) in [5.41, 5.74) is 11.5. The summed E-state index contributed by atoms with van der Waals surface area (Å²) in [6, 6.07) is 22.9. The highest BCUT2D eigenvalue weighted by molar-refractivity contribution is 6.32. The zero-order valence-electron chi connectivity index (χ0n) is 19.7. The van der Waals surface area contributed by atoms with Gasteiger partial charge in [-0.2, -0.15) is 5.26 Å². The monoisotopic (exact) mass is 525 g/mol. The van der Waals surface area contributed by atoms with E-state index in [2.05, 4.69) is 31.7 Å². The van der Waals surface area contributed by atoms with Gasteiger partial charge in [0.2, 0.25) is 0 Å². The fourth-order valence-corrected chi connectivity index (χ4v) is 4.49. The maximum atomic E-state index is 9.87. The lowest BCUT2D eigenvalue weighted by Gasteiger charge is -2.18. The maximum Gasteiger partial charge on any atom is 0.159 e. The van der Waals surface area contributed by atoms with Gasteiger partial charge in [-0.3, -0.25) is 4.98 Å². The second-order valence-electron chi connectivity index (χ2n) is 8.42. The Kier molecular flexibility index (Phi) is 6.78. The molecule has 0 amide bonds. The number of para-hydroxylation sites is 1. The third-order valence-corrected chi connectivity index (χ3v) is 6.59. The highest BCUT2D eigenvalue weighted by Gasteiger charge is 2.19. The number of aryl methyl sites for hydroxylation is 1. The van der Waals surface area contributed by atoms with E-state index in [-0.39, 0.29) is 0 Å². The standard InChI is InChI=1S/C28H21Cl2N7/c1-16-12-20(21(14-31)17-7-9-19(29)10-8-17)22(30)13-24(16)37-28-25(32)27(34-15-35-28)36-23-6-2-4-18-5-3-11-33-26(18)23/h2-13,15,21H,32H2,1H3,(H2,34,35,36,37). The maximum absolute atomic E-state index is 9.87. The molecule has 0 fully saturated rings. The third-order valence-electron chi connectivity index (χ3n) is 6.01. The summed E-state index contributed by atoms with van der Waals surface area (Å²) >= 11 is 12.7. The van der Waals surface area contributed by atoms with Gasteiger partial charge < -0.3 is 16.4 Å². The van der Waals surface area contributed by atoms with Crippen molar-refractivity contribution in [2.75, 3.05) is 16.4 Å². The minimum atomic E-state index is -0.535. The molecule has 0 saturated carbocycles. The first kappa shape index (κ1) is 24.3. The van der Waals surface area contributed by atoms with Crippen LogP contribution in [-0.2, 0) is 0 Å².